The van der Waals surface area contributed by atoms with Gasteiger partial charge in [0, 0.05) is 9.37 Å². The number of amides is 1. The molecule has 5 nitrogen and oxygen atoms in total. The van der Waals surface area contributed by atoms with Crippen LogP contribution >= 0.6 is 27.7 Å². The molecule has 0 aliphatic carbocycles. The highest BCUT2D eigenvalue weighted by molar-refractivity contribution is 9.10. The predicted octanol–water partition coefficient (Wildman–Crippen LogP) is 4.38. The Morgan fingerprint density at radius 3 is 2.80 bits per heavy atom. The Balaban J connectivity index is 1.69. The predicted molar refractivity (Wildman–Crippen MR) is 104 cm³/mol. The second-order valence-corrected chi connectivity index (χ2v) is 7.43. The Morgan fingerprint density at radius 1 is 1.24 bits per heavy atom. The van der Waals surface area contributed by atoms with Gasteiger partial charge in [0.25, 0.3) is 0 Å². The van der Waals surface area contributed by atoms with Crippen molar-refractivity contribution in [3.63, 3.8) is 0 Å². The fourth-order valence-electron chi connectivity index (χ4n) is 2.35. The lowest BCUT2D eigenvalue weighted by atomic mass is 10.2. The van der Waals surface area contributed by atoms with E-state index in [0.717, 1.165) is 26.2 Å². The van der Waals surface area contributed by atoms with Gasteiger partial charge < -0.3 is 5.32 Å². The van der Waals surface area contributed by atoms with Crippen LogP contribution in [0, 0.1) is 13.8 Å². The molecule has 0 saturated carbocycles. The first-order valence-electron chi connectivity index (χ1n) is 7.68. The molecule has 0 unspecified atom stereocenters. The fraction of sp³-hybridized carbons (Fsp3) is 0.167. The van der Waals surface area contributed by atoms with Crippen LogP contribution < -0.4 is 5.32 Å². The molecule has 0 fully saturated rings. The zero-order valence-corrected chi connectivity index (χ0v) is 16.3. The molecule has 0 aliphatic rings. The fourth-order valence-corrected chi connectivity index (χ4v) is 3.71. The molecule has 3 rings (SSSR count). The first kappa shape index (κ1) is 17.7. The lowest BCUT2D eigenvalue weighted by molar-refractivity contribution is -0.113. The summed E-state index contributed by atoms with van der Waals surface area (Å²) in [6.07, 6.45) is 3.07. The Hall–Kier alpha value is -2.12. The van der Waals surface area contributed by atoms with Crippen LogP contribution in [0.5, 0.6) is 0 Å². The molecule has 0 spiro atoms. The maximum absolute atomic E-state index is 12.4. The van der Waals surface area contributed by atoms with E-state index in [9.17, 15) is 4.79 Å². The molecule has 0 atom stereocenters. The zero-order valence-electron chi connectivity index (χ0n) is 13.9. The highest BCUT2D eigenvalue weighted by Gasteiger charge is 2.10. The van der Waals surface area contributed by atoms with Crippen molar-refractivity contribution >= 4 is 39.3 Å². The summed E-state index contributed by atoms with van der Waals surface area (Å²) in [6.45, 7) is 4.09. The average molecular weight is 417 g/mol. The minimum atomic E-state index is -0.0578. The molecule has 0 saturated heterocycles. The van der Waals surface area contributed by atoms with E-state index >= 15 is 0 Å². The smallest absolute Gasteiger partial charge is 0.234 e. The SMILES string of the molecule is Cc1cc(SCC(=O)Nc2ccccc2-n2cncn2)c(C)cc1Br. The van der Waals surface area contributed by atoms with Crippen molar-refractivity contribution in [2.75, 3.05) is 11.1 Å². The number of thioether (sulfide) groups is 1. The van der Waals surface area contributed by atoms with Crippen LogP contribution in [0.3, 0.4) is 0 Å². The van der Waals surface area contributed by atoms with E-state index in [-0.39, 0.29) is 5.91 Å². The van der Waals surface area contributed by atoms with E-state index in [1.54, 1.807) is 11.0 Å². The van der Waals surface area contributed by atoms with Crippen molar-refractivity contribution in [2.24, 2.45) is 0 Å². The monoisotopic (exact) mass is 416 g/mol. The van der Waals surface area contributed by atoms with E-state index in [0.29, 0.717) is 11.4 Å². The summed E-state index contributed by atoms with van der Waals surface area (Å²) >= 11 is 5.06. The third-order valence-corrected chi connectivity index (χ3v) is 5.67. The highest BCUT2D eigenvalue weighted by Crippen LogP contribution is 2.28. The Labute approximate surface area is 159 Å². The van der Waals surface area contributed by atoms with Crippen molar-refractivity contribution in [1.29, 1.82) is 0 Å². The van der Waals surface area contributed by atoms with Crippen molar-refractivity contribution in [3.8, 4) is 5.69 Å². The molecule has 1 amide bonds. The van der Waals surface area contributed by atoms with Gasteiger partial charge in [0.05, 0.1) is 17.1 Å². The van der Waals surface area contributed by atoms with Crippen molar-refractivity contribution < 1.29 is 4.79 Å². The van der Waals surface area contributed by atoms with E-state index in [4.69, 9.17) is 0 Å². The summed E-state index contributed by atoms with van der Waals surface area (Å²) in [4.78, 5) is 17.4. The lowest BCUT2D eigenvalue weighted by Gasteiger charge is -2.11. The second kappa shape index (κ2) is 7.84. The number of hydrogen-bond acceptors (Lipinski definition) is 4. The van der Waals surface area contributed by atoms with Crippen LogP contribution in [0.15, 0.2) is 58.4 Å². The van der Waals surface area contributed by atoms with Gasteiger partial charge in [-0.2, -0.15) is 5.10 Å². The van der Waals surface area contributed by atoms with Gasteiger partial charge in [0.1, 0.15) is 12.7 Å². The van der Waals surface area contributed by atoms with Crippen molar-refractivity contribution in [3.05, 3.63) is 64.7 Å². The average Bonchev–Trinajstić information content (AvgIpc) is 3.12. The van der Waals surface area contributed by atoms with Crippen LogP contribution in [0.4, 0.5) is 5.69 Å². The van der Waals surface area contributed by atoms with E-state index in [1.165, 1.54) is 18.1 Å². The molecule has 2 aromatic carbocycles. The number of halogens is 1. The molecule has 128 valence electrons. The largest absolute Gasteiger partial charge is 0.323 e. The maximum Gasteiger partial charge on any atom is 0.234 e. The number of carbonyl (C=O) groups excluding carboxylic acids is 1. The Morgan fingerprint density at radius 2 is 2.04 bits per heavy atom. The molecule has 7 heteroatoms. The number of aryl methyl sites for hydroxylation is 2. The molecule has 3 aromatic rings. The molecular formula is C18H17BrN4OS. The van der Waals surface area contributed by atoms with E-state index in [1.807, 2.05) is 38.1 Å². The Kier molecular flexibility index (Phi) is 5.55. The number of nitrogens with one attached hydrogen (secondary N) is 1. The topological polar surface area (TPSA) is 59.8 Å². The van der Waals surface area contributed by atoms with Crippen LogP contribution in [0.1, 0.15) is 11.1 Å². The molecular weight excluding hydrogens is 400 g/mol. The maximum atomic E-state index is 12.4. The summed E-state index contributed by atoms with van der Waals surface area (Å²) in [7, 11) is 0. The summed E-state index contributed by atoms with van der Waals surface area (Å²) < 4.78 is 2.71. The molecule has 1 aromatic heterocycles. The van der Waals surface area contributed by atoms with E-state index < -0.39 is 0 Å². The molecule has 0 radical (unpaired) electrons. The number of aromatic nitrogens is 3. The normalized spacial score (nSPS) is 10.7. The number of anilines is 1. The number of benzene rings is 2. The minimum Gasteiger partial charge on any atom is -0.323 e. The second-order valence-electron chi connectivity index (χ2n) is 5.56. The van der Waals surface area contributed by atoms with Crippen LogP contribution in [-0.2, 0) is 4.79 Å². The molecule has 1 heterocycles. The van der Waals surface area contributed by atoms with Gasteiger partial charge in [0.2, 0.25) is 5.91 Å². The number of carbonyl (C=O) groups is 1. The summed E-state index contributed by atoms with van der Waals surface area (Å²) in [5.41, 5.74) is 3.81. The van der Waals surface area contributed by atoms with Crippen LogP contribution in [0.2, 0.25) is 0 Å². The minimum absolute atomic E-state index is 0.0578. The van der Waals surface area contributed by atoms with Crippen molar-refractivity contribution in [1.82, 2.24) is 14.8 Å². The molecule has 0 bridgehead atoms. The number of rotatable bonds is 5. The number of para-hydroxylation sites is 2. The summed E-state index contributed by atoms with van der Waals surface area (Å²) in [5.74, 6) is 0.283. The van der Waals surface area contributed by atoms with Crippen LogP contribution in [-0.4, -0.2) is 26.4 Å². The summed E-state index contributed by atoms with van der Waals surface area (Å²) in [6, 6.07) is 11.7. The molecule has 25 heavy (non-hydrogen) atoms. The highest BCUT2D eigenvalue weighted by atomic mass is 79.9. The lowest BCUT2D eigenvalue weighted by Crippen LogP contribution is -2.16. The summed E-state index contributed by atoms with van der Waals surface area (Å²) in [5, 5.41) is 7.08. The molecule has 0 aliphatic heterocycles. The zero-order chi connectivity index (χ0) is 17.8. The van der Waals surface area contributed by atoms with Crippen molar-refractivity contribution in [2.45, 2.75) is 18.7 Å². The third kappa shape index (κ3) is 4.29. The third-order valence-electron chi connectivity index (χ3n) is 3.66. The van der Waals surface area contributed by atoms with Crippen LogP contribution in [0.25, 0.3) is 5.69 Å². The van der Waals surface area contributed by atoms with Gasteiger partial charge in [0.15, 0.2) is 0 Å². The number of hydrogen-bond donors (Lipinski definition) is 1. The quantitative estimate of drug-likeness (QED) is 0.626. The van der Waals surface area contributed by atoms with E-state index in [2.05, 4.69) is 43.5 Å². The van der Waals surface area contributed by atoms with Gasteiger partial charge in [-0.1, -0.05) is 28.1 Å². The number of nitrogens with zero attached hydrogens (tertiary/aromatic N) is 3. The first-order chi connectivity index (χ1) is 12.0. The van der Waals surface area contributed by atoms with Gasteiger partial charge in [-0.05, 0) is 49.2 Å². The standard InChI is InChI=1S/C18H17BrN4OS/c1-12-8-17(13(2)7-14(12)19)25-9-18(24)22-15-5-3-4-6-16(15)23-11-20-10-21-23/h3-8,10-11H,9H2,1-2H3,(H,22,24). The van der Waals surface area contributed by atoms with Gasteiger partial charge in [-0.25, -0.2) is 9.67 Å². The van der Waals surface area contributed by atoms with Gasteiger partial charge in [-0.15, -0.1) is 11.8 Å². The molecule has 1 N–H and O–H groups in total. The first-order valence-corrected chi connectivity index (χ1v) is 9.46. The van der Waals surface area contributed by atoms with Gasteiger partial charge in [-0.3, -0.25) is 4.79 Å². The van der Waals surface area contributed by atoms with Gasteiger partial charge >= 0.3 is 0 Å². The Bertz CT molecular complexity index is 896.